The van der Waals surface area contributed by atoms with E-state index >= 15 is 0 Å². The average molecular weight is 360 g/mol. The van der Waals surface area contributed by atoms with Gasteiger partial charge in [-0.25, -0.2) is 8.42 Å². The number of anilines is 1. The maximum atomic E-state index is 12.3. The predicted molar refractivity (Wildman–Crippen MR) is 101 cm³/mol. The SMILES string of the molecule is Cc1cccc(NC(=O)CN(CCc2ccccc2)S(C)(=O)=O)c1C. The average Bonchev–Trinajstić information content (AvgIpc) is 2.55. The Hall–Kier alpha value is -2.18. The fraction of sp³-hybridized carbons (Fsp3) is 0.316. The van der Waals surface area contributed by atoms with Gasteiger partial charge in [-0.3, -0.25) is 4.79 Å². The number of hydrogen-bond acceptors (Lipinski definition) is 3. The number of amides is 1. The van der Waals surface area contributed by atoms with Gasteiger partial charge in [0.15, 0.2) is 0 Å². The van der Waals surface area contributed by atoms with E-state index in [1.54, 1.807) is 0 Å². The molecule has 5 nitrogen and oxygen atoms in total. The van der Waals surface area contributed by atoms with Crippen LogP contribution in [0.4, 0.5) is 5.69 Å². The molecule has 0 saturated carbocycles. The minimum atomic E-state index is -3.47. The van der Waals surface area contributed by atoms with Crippen LogP contribution in [0.2, 0.25) is 0 Å². The zero-order valence-electron chi connectivity index (χ0n) is 14.8. The van der Waals surface area contributed by atoms with Gasteiger partial charge in [0.05, 0.1) is 12.8 Å². The number of benzene rings is 2. The monoisotopic (exact) mass is 360 g/mol. The van der Waals surface area contributed by atoms with Gasteiger partial charge in [-0.2, -0.15) is 4.31 Å². The fourth-order valence-corrected chi connectivity index (χ4v) is 3.27. The number of aryl methyl sites for hydroxylation is 1. The summed E-state index contributed by atoms with van der Waals surface area (Å²) in [6, 6.07) is 15.3. The van der Waals surface area contributed by atoms with Crippen LogP contribution in [0.1, 0.15) is 16.7 Å². The quantitative estimate of drug-likeness (QED) is 0.826. The standard InChI is InChI=1S/C19H24N2O3S/c1-15-8-7-11-18(16(15)2)20-19(22)14-21(25(3,23)24)13-12-17-9-5-4-6-10-17/h4-11H,12-14H2,1-3H3,(H,20,22). The first-order valence-electron chi connectivity index (χ1n) is 8.12. The minimum Gasteiger partial charge on any atom is -0.325 e. The second-order valence-corrected chi connectivity index (χ2v) is 8.11. The van der Waals surface area contributed by atoms with Crippen molar-refractivity contribution in [2.45, 2.75) is 20.3 Å². The van der Waals surface area contributed by atoms with Crippen LogP contribution >= 0.6 is 0 Å². The van der Waals surface area contributed by atoms with E-state index in [0.29, 0.717) is 12.1 Å². The van der Waals surface area contributed by atoms with Crippen molar-refractivity contribution in [3.8, 4) is 0 Å². The van der Waals surface area contributed by atoms with Crippen LogP contribution in [0.25, 0.3) is 0 Å². The molecule has 0 fully saturated rings. The topological polar surface area (TPSA) is 66.5 Å². The summed E-state index contributed by atoms with van der Waals surface area (Å²) in [5, 5.41) is 2.81. The van der Waals surface area contributed by atoms with E-state index in [0.717, 1.165) is 22.9 Å². The Kier molecular flexibility index (Phi) is 6.33. The lowest BCUT2D eigenvalue weighted by molar-refractivity contribution is -0.116. The Morgan fingerprint density at radius 3 is 2.36 bits per heavy atom. The van der Waals surface area contributed by atoms with Crippen molar-refractivity contribution >= 4 is 21.6 Å². The van der Waals surface area contributed by atoms with Crippen LogP contribution in [0.15, 0.2) is 48.5 Å². The van der Waals surface area contributed by atoms with E-state index < -0.39 is 10.0 Å². The van der Waals surface area contributed by atoms with Gasteiger partial charge in [-0.05, 0) is 43.0 Å². The Labute approximate surface area is 149 Å². The van der Waals surface area contributed by atoms with Gasteiger partial charge >= 0.3 is 0 Å². The summed E-state index contributed by atoms with van der Waals surface area (Å²) in [6.45, 7) is 3.96. The van der Waals surface area contributed by atoms with Crippen molar-refractivity contribution in [2.75, 3.05) is 24.7 Å². The normalized spacial score (nSPS) is 11.5. The molecule has 2 rings (SSSR count). The number of rotatable bonds is 7. The second-order valence-electron chi connectivity index (χ2n) is 6.13. The highest BCUT2D eigenvalue weighted by atomic mass is 32.2. The molecule has 0 heterocycles. The largest absolute Gasteiger partial charge is 0.325 e. The number of hydrogen-bond donors (Lipinski definition) is 1. The molecular weight excluding hydrogens is 336 g/mol. The van der Waals surface area contributed by atoms with Crippen LogP contribution in [-0.2, 0) is 21.2 Å². The molecule has 0 unspecified atom stereocenters. The summed E-state index contributed by atoms with van der Waals surface area (Å²) in [5.74, 6) is -0.341. The van der Waals surface area contributed by atoms with Crippen LogP contribution in [0, 0.1) is 13.8 Å². The lowest BCUT2D eigenvalue weighted by atomic mass is 10.1. The number of nitrogens with zero attached hydrogens (tertiary/aromatic N) is 1. The molecule has 0 aliphatic heterocycles. The van der Waals surface area contributed by atoms with Crippen molar-refractivity contribution in [1.29, 1.82) is 0 Å². The number of carbonyl (C=O) groups is 1. The molecule has 0 bridgehead atoms. The van der Waals surface area contributed by atoms with Gasteiger partial charge in [0.1, 0.15) is 0 Å². The summed E-state index contributed by atoms with van der Waals surface area (Å²) in [6.07, 6.45) is 1.69. The van der Waals surface area contributed by atoms with Gasteiger partial charge in [0.2, 0.25) is 15.9 Å². The number of carbonyl (C=O) groups excluding carboxylic acids is 1. The van der Waals surface area contributed by atoms with Crippen LogP contribution in [-0.4, -0.2) is 38.0 Å². The molecule has 25 heavy (non-hydrogen) atoms. The number of sulfonamides is 1. The molecule has 0 atom stereocenters. The van der Waals surface area contributed by atoms with Gasteiger partial charge < -0.3 is 5.32 Å². The van der Waals surface area contributed by atoms with Crippen LogP contribution in [0.3, 0.4) is 0 Å². The summed E-state index contributed by atoms with van der Waals surface area (Å²) in [7, 11) is -3.47. The summed E-state index contributed by atoms with van der Waals surface area (Å²) < 4.78 is 25.2. The van der Waals surface area contributed by atoms with E-state index in [-0.39, 0.29) is 19.0 Å². The Morgan fingerprint density at radius 2 is 1.72 bits per heavy atom. The molecule has 0 saturated heterocycles. The minimum absolute atomic E-state index is 0.195. The van der Waals surface area contributed by atoms with Gasteiger partial charge in [0.25, 0.3) is 0 Å². The summed E-state index contributed by atoms with van der Waals surface area (Å²) in [5.41, 5.74) is 3.79. The maximum Gasteiger partial charge on any atom is 0.239 e. The van der Waals surface area contributed by atoms with E-state index in [4.69, 9.17) is 0 Å². The lowest BCUT2D eigenvalue weighted by Crippen LogP contribution is -2.38. The van der Waals surface area contributed by atoms with Crippen molar-refractivity contribution in [3.05, 3.63) is 65.2 Å². The summed E-state index contributed by atoms with van der Waals surface area (Å²) >= 11 is 0. The highest BCUT2D eigenvalue weighted by Gasteiger charge is 2.20. The Bertz CT molecular complexity index is 833. The van der Waals surface area contributed by atoms with Gasteiger partial charge in [0, 0.05) is 12.2 Å². The fourth-order valence-electron chi connectivity index (χ4n) is 2.50. The highest BCUT2D eigenvalue weighted by Crippen LogP contribution is 2.18. The third kappa shape index (κ3) is 5.69. The van der Waals surface area contributed by atoms with Gasteiger partial charge in [-0.15, -0.1) is 0 Å². The molecule has 0 spiro atoms. The van der Waals surface area contributed by atoms with E-state index in [2.05, 4.69) is 5.32 Å². The first-order valence-corrected chi connectivity index (χ1v) is 9.97. The molecule has 1 amide bonds. The Balaban J connectivity index is 2.04. The molecule has 2 aromatic rings. The Morgan fingerprint density at radius 1 is 1.04 bits per heavy atom. The maximum absolute atomic E-state index is 12.3. The molecule has 1 N–H and O–H groups in total. The van der Waals surface area contributed by atoms with Crippen molar-refractivity contribution in [2.24, 2.45) is 0 Å². The first-order chi connectivity index (χ1) is 11.8. The first kappa shape index (κ1) is 19.1. The molecular formula is C19H24N2O3S. The van der Waals surface area contributed by atoms with Crippen molar-refractivity contribution in [1.82, 2.24) is 4.31 Å². The van der Waals surface area contributed by atoms with E-state index in [9.17, 15) is 13.2 Å². The van der Waals surface area contributed by atoms with E-state index in [1.807, 2.05) is 62.4 Å². The molecule has 0 aliphatic carbocycles. The molecule has 0 aliphatic rings. The van der Waals surface area contributed by atoms with Crippen LogP contribution < -0.4 is 5.32 Å². The molecule has 0 aromatic heterocycles. The number of nitrogens with one attached hydrogen (secondary N) is 1. The second kappa shape index (κ2) is 8.27. The van der Waals surface area contributed by atoms with Crippen molar-refractivity contribution in [3.63, 3.8) is 0 Å². The van der Waals surface area contributed by atoms with E-state index in [1.165, 1.54) is 4.31 Å². The molecule has 6 heteroatoms. The lowest BCUT2D eigenvalue weighted by Gasteiger charge is -2.20. The smallest absolute Gasteiger partial charge is 0.239 e. The molecule has 134 valence electrons. The predicted octanol–water partition coefficient (Wildman–Crippen LogP) is 2.75. The third-order valence-corrected chi connectivity index (χ3v) is 5.41. The van der Waals surface area contributed by atoms with Gasteiger partial charge in [-0.1, -0.05) is 42.5 Å². The zero-order chi connectivity index (χ0) is 18.4. The third-order valence-electron chi connectivity index (χ3n) is 4.16. The molecule has 2 aromatic carbocycles. The summed E-state index contributed by atoms with van der Waals surface area (Å²) in [4.78, 5) is 12.3. The zero-order valence-corrected chi connectivity index (χ0v) is 15.6. The van der Waals surface area contributed by atoms with Crippen molar-refractivity contribution < 1.29 is 13.2 Å². The highest BCUT2D eigenvalue weighted by molar-refractivity contribution is 7.88. The molecule has 0 radical (unpaired) electrons. The van der Waals surface area contributed by atoms with Crippen LogP contribution in [0.5, 0.6) is 0 Å².